The van der Waals surface area contributed by atoms with Gasteiger partial charge in [-0.25, -0.2) is 0 Å². The fraction of sp³-hybridized carbons (Fsp3) is 0.600. The van der Waals surface area contributed by atoms with Crippen molar-refractivity contribution in [1.82, 2.24) is 0 Å². The van der Waals surface area contributed by atoms with Gasteiger partial charge in [0.2, 0.25) is 0 Å². The van der Waals surface area contributed by atoms with Crippen molar-refractivity contribution in [3.05, 3.63) is 35.9 Å². The average molecular weight is 248 g/mol. The fourth-order valence-corrected chi connectivity index (χ4v) is 7.47. The zero-order valence-corrected chi connectivity index (χ0v) is 11.5. The summed E-state index contributed by atoms with van der Waals surface area (Å²) in [6, 6.07) is 10.9. The van der Waals surface area contributed by atoms with Gasteiger partial charge in [0.1, 0.15) is 0 Å². The maximum absolute atomic E-state index is 12.8. The Morgan fingerprint density at radius 2 is 1.94 bits per heavy atom. The van der Waals surface area contributed by atoms with Crippen LogP contribution in [0, 0.1) is 0 Å². The molecule has 1 saturated carbocycles. The Labute approximate surface area is 104 Å². The summed E-state index contributed by atoms with van der Waals surface area (Å²) in [5.74, 6) is 0. The first-order valence-corrected chi connectivity index (χ1v) is 9.18. The van der Waals surface area contributed by atoms with Crippen LogP contribution in [0.15, 0.2) is 30.3 Å². The third-order valence-electron chi connectivity index (χ3n) is 5.00. The SMILES string of the molecule is CP1(=O)CCC2(c3ccccc3)CCCCC21. The molecule has 0 spiro atoms. The van der Waals surface area contributed by atoms with Crippen molar-refractivity contribution < 1.29 is 4.57 Å². The van der Waals surface area contributed by atoms with Gasteiger partial charge < -0.3 is 4.57 Å². The number of fused-ring (bicyclic) bond motifs is 1. The van der Waals surface area contributed by atoms with E-state index >= 15 is 0 Å². The van der Waals surface area contributed by atoms with Gasteiger partial charge in [-0.1, -0.05) is 43.2 Å². The largest absolute Gasteiger partial charge is 0.324 e. The van der Waals surface area contributed by atoms with Crippen LogP contribution in [0.2, 0.25) is 0 Å². The van der Waals surface area contributed by atoms with E-state index in [-0.39, 0.29) is 5.41 Å². The average Bonchev–Trinajstić information content (AvgIpc) is 2.65. The first-order chi connectivity index (χ1) is 8.15. The van der Waals surface area contributed by atoms with E-state index in [9.17, 15) is 4.57 Å². The third kappa shape index (κ3) is 1.71. The van der Waals surface area contributed by atoms with Crippen molar-refractivity contribution >= 4 is 7.14 Å². The van der Waals surface area contributed by atoms with Crippen LogP contribution in [0.25, 0.3) is 0 Å². The van der Waals surface area contributed by atoms with Crippen LogP contribution in [-0.4, -0.2) is 18.5 Å². The molecule has 1 saturated heterocycles. The number of benzene rings is 1. The summed E-state index contributed by atoms with van der Waals surface area (Å²) in [4.78, 5) is 0. The maximum atomic E-state index is 12.8. The molecule has 3 unspecified atom stereocenters. The van der Waals surface area contributed by atoms with E-state index in [4.69, 9.17) is 0 Å². The summed E-state index contributed by atoms with van der Waals surface area (Å²) in [5, 5.41) is 0. The van der Waals surface area contributed by atoms with E-state index in [1.807, 2.05) is 6.66 Å². The van der Waals surface area contributed by atoms with Crippen LogP contribution in [0.5, 0.6) is 0 Å². The molecule has 1 nitrogen and oxygen atoms in total. The summed E-state index contributed by atoms with van der Waals surface area (Å²) >= 11 is 0. The molecule has 1 aliphatic heterocycles. The molecule has 1 aliphatic carbocycles. The first kappa shape index (κ1) is 11.5. The Morgan fingerprint density at radius 1 is 1.18 bits per heavy atom. The smallest absolute Gasteiger partial charge is 0.0886 e. The molecule has 0 amide bonds. The van der Waals surface area contributed by atoms with Gasteiger partial charge in [-0.2, -0.15) is 0 Å². The molecule has 17 heavy (non-hydrogen) atoms. The summed E-state index contributed by atoms with van der Waals surface area (Å²) in [7, 11) is -1.91. The molecule has 0 bridgehead atoms. The van der Waals surface area contributed by atoms with Crippen molar-refractivity contribution in [2.75, 3.05) is 12.8 Å². The highest BCUT2D eigenvalue weighted by atomic mass is 31.2. The van der Waals surface area contributed by atoms with Crippen molar-refractivity contribution in [2.45, 2.75) is 43.2 Å². The van der Waals surface area contributed by atoms with Gasteiger partial charge in [0.25, 0.3) is 0 Å². The van der Waals surface area contributed by atoms with E-state index < -0.39 is 7.14 Å². The number of hydrogen-bond donors (Lipinski definition) is 0. The lowest BCUT2D eigenvalue weighted by molar-refractivity contribution is 0.306. The normalized spacial score (nSPS) is 41.1. The molecule has 92 valence electrons. The highest BCUT2D eigenvalue weighted by Gasteiger charge is 2.53. The number of rotatable bonds is 1. The summed E-state index contributed by atoms with van der Waals surface area (Å²) in [6.45, 7) is 2.05. The molecule has 0 N–H and O–H groups in total. The highest BCUT2D eigenvalue weighted by Crippen LogP contribution is 2.67. The Bertz CT molecular complexity index is 453. The zero-order chi connectivity index (χ0) is 11.9. The van der Waals surface area contributed by atoms with Gasteiger partial charge in [-0.3, -0.25) is 0 Å². The molecule has 1 aromatic carbocycles. The van der Waals surface area contributed by atoms with Gasteiger partial charge in [0.05, 0.1) is 7.14 Å². The minimum atomic E-state index is -1.91. The highest BCUT2D eigenvalue weighted by molar-refractivity contribution is 7.64. The summed E-state index contributed by atoms with van der Waals surface area (Å²) in [5.41, 5.74) is 2.17. The Hall–Kier alpha value is -0.550. The molecule has 2 aliphatic rings. The van der Waals surface area contributed by atoms with E-state index in [2.05, 4.69) is 30.3 Å². The van der Waals surface area contributed by atoms with Crippen molar-refractivity contribution in [1.29, 1.82) is 0 Å². The van der Waals surface area contributed by atoms with Crippen molar-refractivity contribution in [2.24, 2.45) is 0 Å². The zero-order valence-electron chi connectivity index (χ0n) is 10.6. The van der Waals surface area contributed by atoms with E-state index in [1.54, 1.807) is 0 Å². The Morgan fingerprint density at radius 3 is 2.71 bits per heavy atom. The second kappa shape index (κ2) is 3.99. The number of hydrogen-bond acceptors (Lipinski definition) is 1. The summed E-state index contributed by atoms with van der Waals surface area (Å²) in [6.07, 6.45) is 7.13. The molecule has 0 radical (unpaired) electrons. The minimum absolute atomic E-state index is 0.254. The van der Waals surface area contributed by atoms with Crippen LogP contribution in [0.3, 0.4) is 0 Å². The third-order valence-corrected chi connectivity index (χ3v) is 8.18. The topological polar surface area (TPSA) is 17.1 Å². The fourth-order valence-electron chi connectivity index (χ4n) is 4.14. The lowest BCUT2D eigenvalue weighted by Crippen LogP contribution is -2.37. The summed E-state index contributed by atoms with van der Waals surface area (Å²) < 4.78 is 12.8. The Balaban J connectivity index is 2.08. The van der Waals surface area contributed by atoms with Crippen LogP contribution in [0.4, 0.5) is 0 Å². The molecule has 3 rings (SSSR count). The van der Waals surface area contributed by atoms with Gasteiger partial charge >= 0.3 is 0 Å². The maximum Gasteiger partial charge on any atom is 0.0886 e. The standard InChI is InChI=1S/C15H21OP/c1-17(16)12-11-15(10-6-5-9-14(15)17)13-7-3-2-4-8-13/h2-4,7-8,14H,5-6,9-12H2,1H3. The first-order valence-electron chi connectivity index (χ1n) is 6.77. The molecule has 1 heterocycles. The monoisotopic (exact) mass is 248 g/mol. The van der Waals surface area contributed by atoms with Gasteiger partial charge in [0.15, 0.2) is 0 Å². The van der Waals surface area contributed by atoms with E-state index in [0.29, 0.717) is 5.66 Å². The lowest BCUT2D eigenvalue weighted by Gasteiger charge is -2.41. The molecule has 2 fully saturated rings. The molecule has 0 aromatic heterocycles. The predicted molar refractivity (Wildman–Crippen MR) is 73.4 cm³/mol. The van der Waals surface area contributed by atoms with Crippen LogP contribution >= 0.6 is 7.14 Å². The molecular weight excluding hydrogens is 227 g/mol. The van der Waals surface area contributed by atoms with Gasteiger partial charge in [-0.05, 0) is 31.5 Å². The van der Waals surface area contributed by atoms with Crippen LogP contribution < -0.4 is 0 Å². The molecular formula is C15H21OP. The second-order valence-electron chi connectivity index (χ2n) is 5.93. The quantitative estimate of drug-likeness (QED) is 0.678. The molecule has 1 aromatic rings. The van der Waals surface area contributed by atoms with E-state index in [1.165, 1.54) is 31.2 Å². The Kier molecular flexibility index (Phi) is 2.70. The molecule has 2 heteroatoms. The molecule has 3 atom stereocenters. The second-order valence-corrected chi connectivity index (χ2v) is 9.35. The van der Waals surface area contributed by atoms with E-state index in [0.717, 1.165) is 12.6 Å². The van der Waals surface area contributed by atoms with Crippen molar-refractivity contribution in [3.8, 4) is 0 Å². The van der Waals surface area contributed by atoms with Gasteiger partial charge in [0, 0.05) is 17.2 Å². The van der Waals surface area contributed by atoms with Crippen molar-refractivity contribution in [3.63, 3.8) is 0 Å². The lowest BCUT2D eigenvalue weighted by atomic mass is 9.68. The predicted octanol–water partition coefficient (Wildman–Crippen LogP) is 4.26. The van der Waals surface area contributed by atoms with Crippen LogP contribution in [-0.2, 0) is 9.98 Å². The van der Waals surface area contributed by atoms with Crippen LogP contribution in [0.1, 0.15) is 37.7 Å². The van der Waals surface area contributed by atoms with Gasteiger partial charge in [-0.15, -0.1) is 0 Å². The minimum Gasteiger partial charge on any atom is -0.324 e.